The Labute approximate surface area is 87.1 Å². The number of hydrogen-bond donors (Lipinski definition) is 1. The van der Waals surface area contributed by atoms with Gasteiger partial charge in [-0.3, -0.25) is 10.1 Å². The molecular weight excluding hydrogens is 192 g/mol. The standard InChI is InChI=1S/C11H10N2O2/c14-13(15)11-7-2-1-5-9(11)10-6-3-4-8-12-10/h1-2,4-8,12H,3H2. The van der Waals surface area contributed by atoms with Crippen LogP contribution in [0.25, 0.3) is 5.70 Å². The van der Waals surface area contributed by atoms with E-state index < -0.39 is 0 Å². The summed E-state index contributed by atoms with van der Waals surface area (Å²) in [5.41, 5.74) is 1.56. The van der Waals surface area contributed by atoms with Gasteiger partial charge in [-0.25, -0.2) is 0 Å². The number of nitrogens with one attached hydrogen (secondary N) is 1. The first-order chi connectivity index (χ1) is 7.29. The number of para-hydroxylation sites is 1. The smallest absolute Gasteiger partial charge is 0.278 e. The number of hydrogen-bond acceptors (Lipinski definition) is 3. The highest BCUT2D eigenvalue weighted by Crippen LogP contribution is 2.25. The van der Waals surface area contributed by atoms with E-state index in [0.29, 0.717) is 5.56 Å². The molecule has 0 aliphatic carbocycles. The van der Waals surface area contributed by atoms with Crippen molar-refractivity contribution in [2.75, 3.05) is 0 Å². The van der Waals surface area contributed by atoms with E-state index in [1.165, 1.54) is 6.07 Å². The van der Waals surface area contributed by atoms with Crippen LogP contribution >= 0.6 is 0 Å². The van der Waals surface area contributed by atoms with E-state index in [1.54, 1.807) is 24.4 Å². The summed E-state index contributed by atoms with van der Waals surface area (Å²) in [6.07, 6.45) is 6.49. The summed E-state index contributed by atoms with van der Waals surface area (Å²) >= 11 is 0. The van der Waals surface area contributed by atoms with Crippen LogP contribution in [0.15, 0.2) is 42.6 Å². The van der Waals surface area contributed by atoms with Crippen molar-refractivity contribution in [1.82, 2.24) is 5.32 Å². The Balaban J connectivity index is 2.43. The van der Waals surface area contributed by atoms with Crippen LogP contribution in [0, 0.1) is 10.1 Å². The molecule has 1 aromatic rings. The van der Waals surface area contributed by atoms with Gasteiger partial charge < -0.3 is 5.32 Å². The van der Waals surface area contributed by atoms with Gasteiger partial charge in [0.1, 0.15) is 0 Å². The lowest BCUT2D eigenvalue weighted by Crippen LogP contribution is -2.08. The SMILES string of the molecule is O=[N+]([O-])c1ccccc1C1=CCC=CN1. The van der Waals surface area contributed by atoms with Crippen molar-refractivity contribution < 1.29 is 4.92 Å². The first kappa shape index (κ1) is 9.45. The maximum absolute atomic E-state index is 10.8. The first-order valence-corrected chi connectivity index (χ1v) is 4.64. The molecule has 1 heterocycles. The molecule has 2 rings (SSSR count). The quantitative estimate of drug-likeness (QED) is 0.592. The largest absolute Gasteiger partial charge is 0.362 e. The molecule has 0 radical (unpaired) electrons. The molecule has 4 heteroatoms. The second kappa shape index (κ2) is 3.96. The molecule has 0 saturated heterocycles. The molecule has 0 saturated carbocycles. The molecule has 76 valence electrons. The summed E-state index contributed by atoms with van der Waals surface area (Å²) in [7, 11) is 0. The molecule has 0 aromatic heterocycles. The molecule has 0 unspecified atom stereocenters. The van der Waals surface area contributed by atoms with Crippen LogP contribution in [0.2, 0.25) is 0 Å². The van der Waals surface area contributed by atoms with Crippen molar-refractivity contribution in [2.45, 2.75) is 6.42 Å². The molecule has 1 aromatic carbocycles. The van der Waals surface area contributed by atoms with Gasteiger partial charge in [-0.1, -0.05) is 24.3 Å². The van der Waals surface area contributed by atoms with E-state index in [0.717, 1.165) is 12.1 Å². The highest BCUT2D eigenvalue weighted by atomic mass is 16.6. The van der Waals surface area contributed by atoms with Crippen molar-refractivity contribution in [3.63, 3.8) is 0 Å². The predicted octanol–water partition coefficient (Wildman–Crippen LogP) is 2.44. The number of nitrogens with zero attached hydrogens (tertiary/aromatic N) is 1. The minimum Gasteiger partial charge on any atom is -0.362 e. The molecule has 0 fully saturated rings. The minimum atomic E-state index is -0.365. The molecule has 0 amide bonds. The van der Waals surface area contributed by atoms with Gasteiger partial charge in [-0.05, 0) is 18.7 Å². The van der Waals surface area contributed by atoms with Crippen molar-refractivity contribution in [1.29, 1.82) is 0 Å². The Hall–Kier alpha value is -2.10. The number of benzene rings is 1. The molecule has 4 nitrogen and oxygen atoms in total. The maximum Gasteiger partial charge on any atom is 0.278 e. The first-order valence-electron chi connectivity index (χ1n) is 4.64. The van der Waals surface area contributed by atoms with Crippen molar-refractivity contribution in [3.8, 4) is 0 Å². The van der Waals surface area contributed by atoms with Crippen LogP contribution in [0.1, 0.15) is 12.0 Å². The Morgan fingerprint density at radius 1 is 1.33 bits per heavy atom. The van der Waals surface area contributed by atoms with Crippen LogP contribution in [0.3, 0.4) is 0 Å². The van der Waals surface area contributed by atoms with Crippen LogP contribution in [-0.2, 0) is 0 Å². The summed E-state index contributed by atoms with van der Waals surface area (Å²) in [5.74, 6) is 0. The van der Waals surface area contributed by atoms with Gasteiger partial charge in [0.25, 0.3) is 5.69 Å². The fourth-order valence-corrected chi connectivity index (χ4v) is 1.51. The maximum atomic E-state index is 10.8. The molecular formula is C11H10N2O2. The number of allylic oxidation sites excluding steroid dienone is 2. The van der Waals surface area contributed by atoms with Gasteiger partial charge in [0, 0.05) is 11.8 Å². The fourth-order valence-electron chi connectivity index (χ4n) is 1.51. The average Bonchev–Trinajstić information content (AvgIpc) is 2.30. The van der Waals surface area contributed by atoms with Crippen molar-refractivity contribution in [2.24, 2.45) is 0 Å². The lowest BCUT2D eigenvalue weighted by molar-refractivity contribution is -0.385. The zero-order chi connectivity index (χ0) is 10.7. The van der Waals surface area contributed by atoms with Crippen molar-refractivity contribution >= 4 is 11.4 Å². The summed E-state index contributed by atoms with van der Waals surface area (Å²) < 4.78 is 0. The number of dihydropyridines is 1. The topological polar surface area (TPSA) is 55.2 Å². The fraction of sp³-hybridized carbons (Fsp3) is 0.0909. The number of rotatable bonds is 2. The molecule has 1 aliphatic heterocycles. The van der Waals surface area contributed by atoms with Gasteiger partial charge in [0.2, 0.25) is 0 Å². The Morgan fingerprint density at radius 3 is 2.80 bits per heavy atom. The lowest BCUT2D eigenvalue weighted by Gasteiger charge is -2.10. The van der Waals surface area contributed by atoms with E-state index in [2.05, 4.69) is 5.32 Å². The third-order valence-electron chi connectivity index (χ3n) is 2.21. The Morgan fingerprint density at radius 2 is 2.13 bits per heavy atom. The number of nitro benzene ring substituents is 1. The molecule has 1 N–H and O–H groups in total. The molecule has 15 heavy (non-hydrogen) atoms. The third kappa shape index (κ3) is 1.88. The van der Waals surface area contributed by atoms with Crippen LogP contribution in [0.4, 0.5) is 5.69 Å². The molecule has 0 spiro atoms. The zero-order valence-electron chi connectivity index (χ0n) is 8.01. The van der Waals surface area contributed by atoms with Gasteiger partial charge >= 0.3 is 0 Å². The number of nitro groups is 1. The summed E-state index contributed by atoms with van der Waals surface area (Å²) in [6.45, 7) is 0. The highest BCUT2D eigenvalue weighted by Gasteiger charge is 2.15. The Bertz CT molecular complexity index is 450. The average molecular weight is 202 g/mol. The summed E-state index contributed by atoms with van der Waals surface area (Å²) in [4.78, 5) is 10.4. The van der Waals surface area contributed by atoms with E-state index in [-0.39, 0.29) is 10.6 Å². The minimum absolute atomic E-state index is 0.131. The van der Waals surface area contributed by atoms with E-state index in [9.17, 15) is 10.1 Å². The van der Waals surface area contributed by atoms with Crippen LogP contribution in [-0.4, -0.2) is 4.92 Å². The normalized spacial score (nSPS) is 14.3. The second-order valence-electron chi connectivity index (χ2n) is 3.17. The van der Waals surface area contributed by atoms with Gasteiger partial charge in [0.05, 0.1) is 10.5 Å². The zero-order valence-corrected chi connectivity index (χ0v) is 8.01. The van der Waals surface area contributed by atoms with Crippen LogP contribution < -0.4 is 5.32 Å². The summed E-state index contributed by atoms with van der Waals surface area (Å²) in [6, 6.07) is 6.72. The van der Waals surface area contributed by atoms with Crippen LogP contribution in [0.5, 0.6) is 0 Å². The monoisotopic (exact) mass is 202 g/mol. The second-order valence-corrected chi connectivity index (χ2v) is 3.17. The predicted molar refractivity (Wildman–Crippen MR) is 58.0 cm³/mol. The van der Waals surface area contributed by atoms with E-state index in [4.69, 9.17) is 0 Å². The van der Waals surface area contributed by atoms with Gasteiger partial charge in [-0.2, -0.15) is 0 Å². The van der Waals surface area contributed by atoms with Gasteiger partial charge in [-0.15, -0.1) is 0 Å². The van der Waals surface area contributed by atoms with Gasteiger partial charge in [0.15, 0.2) is 0 Å². The molecule has 1 aliphatic rings. The molecule has 0 atom stereocenters. The third-order valence-corrected chi connectivity index (χ3v) is 2.21. The van der Waals surface area contributed by atoms with E-state index in [1.807, 2.05) is 12.2 Å². The lowest BCUT2D eigenvalue weighted by atomic mass is 10.1. The molecule has 0 bridgehead atoms. The highest BCUT2D eigenvalue weighted by molar-refractivity contribution is 5.72. The van der Waals surface area contributed by atoms with E-state index >= 15 is 0 Å². The summed E-state index contributed by atoms with van der Waals surface area (Å²) in [5, 5.41) is 13.8. The van der Waals surface area contributed by atoms with Crippen molar-refractivity contribution in [3.05, 3.63) is 58.3 Å². The Kier molecular flexibility index (Phi) is 2.49.